The van der Waals surface area contributed by atoms with Crippen molar-refractivity contribution in [1.29, 1.82) is 0 Å². The Bertz CT molecular complexity index is 1390. The molecular formula is C32H37FN4O2. The van der Waals surface area contributed by atoms with Crippen LogP contribution in [0.4, 0.5) is 4.39 Å². The molecule has 1 unspecified atom stereocenters. The molecule has 0 radical (unpaired) electrons. The molecule has 5 rings (SSSR count). The summed E-state index contributed by atoms with van der Waals surface area (Å²) in [6, 6.07) is 12.8. The maximum atomic E-state index is 15.3. The lowest BCUT2D eigenvalue weighted by Gasteiger charge is -2.31. The van der Waals surface area contributed by atoms with E-state index in [0.29, 0.717) is 23.7 Å². The Morgan fingerprint density at radius 2 is 2.00 bits per heavy atom. The van der Waals surface area contributed by atoms with Crippen molar-refractivity contribution in [3.8, 4) is 11.8 Å². The van der Waals surface area contributed by atoms with E-state index in [9.17, 15) is 5.11 Å². The maximum absolute atomic E-state index is 15.3. The minimum atomic E-state index is -0.642. The molecule has 6 nitrogen and oxygen atoms in total. The van der Waals surface area contributed by atoms with E-state index in [-0.39, 0.29) is 11.9 Å². The molecule has 0 amide bonds. The lowest BCUT2D eigenvalue weighted by atomic mass is 10.0. The number of H-pyrrole nitrogens is 1. The molecule has 0 bridgehead atoms. The number of aromatic amines is 1. The van der Waals surface area contributed by atoms with Gasteiger partial charge in [-0.3, -0.25) is 4.99 Å². The number of piperidine rings is 1. The van der Waals surface area contributed by atoms with E-state index in [1.165, 1.54) is 6.07 Å². The van der Waals surface area contributed by atoms with E-state index in [1.54, 1.807) is 12.1 Å². The Balaban J connectivity index is 1.28. The number of hydrogen-bond donors (Lipinski definition) is 2. The molecule has 2 aliphatic rings. The number of nitrogens with zero attached hydrogens (tertiary/aromatic N) is 3. The SMILES string of the molecule is CC1=C(O)/C(=N/CCCCC#Cc2ccc(F)c(C(OC3CCN(C)CC3)c3nc4ccccc4[nH]3)c2)CC1. The largest absolute Gasteiger partial charge is 0.506 e. The van der Waals surface area contributed by atoms with E-state index in [0.717, 1.165) is 85.9 Å². The molecule has 1 fully saturated rings. The van der Waals surface area contributed by atoms with Crippen molar-refractivity contribution in [3.05, 3.63) is 76.6 Å². The minimum Gasteiger partial charge on any atom is -0.506 e. The molecule has 1 atom stereocenters. The summed E-state index contributed by atoms with van der Waals surface area (Å²) in [6.45, 7) is 4.56. The van der Waals surface area contributed by atoms with Gasteiger partial charge in [0, 0.05) is 37.2 Å². The summed E-state index contributed by atoms with van der Waals surface area (Å²) in [7, 11) is 2.11. The number of aromatic nitrogens is 2. The number of unbranched alkanes of at least 4 members (excludes halogenated alkanes) is 2. The highest BCUT2D eigenvalue weighted by Gasteiger charge is 2.28. The van der Waals surface area contributed by atoms with Crippen LogP contribution in [0.5, 0.6) is 0 Å². The summed E-state index contributed by atoms with van der Waals surface area (Å²) in [4.78, 5) is 14.9. The molecule has 2 heterocycles. The van der Waals surface area contributed by atoms with Crippen LogP contribution in [0.3, 0.4) is 0 Å². The second-order valence-corrected chi connectivity index (χ2v) is 10.6. The first-order valence-electron chi connectivity index (χ1n) is 14.0. The molecule has 204 valence electrons. The van der Waals surface area contributed by atoms with Gasteiger partial charge in [0.25, 0.3) is 0 Å². The first-order valence-corrected chi connectivity index (χ1v) is 14.0. The molecular weight excluding hydrogens is 491 g/mol. The zero-order valence-electron chi connectivity index (χ0n) is 22.8. The van der Waals surface area contributed by atoms with Crippen molar-refractivity contribution in [2.75, 3.05) is 26.7 Å². The summed E-state index contributed by atoms with van der Waals surface area (Å²) in [5.41, 5.74) is 4.81. The van der Waals surface area contributed by atoms with Crippen LogP contribution in [-0.2, 0) is 4.74 Å². The highest BCUT2D eigenvalue weighted by Crippen LogP contribution is 2.32. The average Bonchev–Trinajstić information content (AvgIpc) is 3.51. The van der Waals surface area contributed by atoms with Crippen LogP contribution in [0.2, 0.25) is 0 Å². The minimum absolute atomic E-state index is 0.0303. The monoisotopic (exact) mass is 528 g/mol. The van der Waals surface area contributed by atoms with E-state index in [4.69, 9.17) is 9.72 Å². The molecule has 1 aliphatic carbocycles. The first-order chi connectivity index (χ1) is 19.0. The molecule has 1 aliphatic heterocycles. The third kappa shape index (κ3) is 6.76. The van der Waals surface area contributed by atoms with Crippen LogP contribution < -0.4 is 0 Å². The second kappa shape index (κ2) is 12.6. The number of hydrogen-bond acceptors (Lipinski definition) is 5. The fourth-order valence-electron chi connectivity index (χ4n) is 5.16. The van der Waals surface area contributed by atoms with Crippen LogP contribution in [0.1, 0.15) is 74.9 Å². The second-order valence-electron chi connectivity index (χ2n) is 10.6. The molecule has 7 heteroatoms. The number of aliphatic imine (C=N–C) groups is 1. The van der Waals surface area contributed by atoms with Gasteiger partial charge in [-0.05, 0) is 88.4 Å². The Morgan fingerprint density at radius 3 is 2.77 bits per heavy atom. The summed E-state index contributed by atoms with van der Waals surface area (Å²) < 4.78 is 21.8. The highest BCUT2D eigenvalue weighted by molar-refractivity contribution is 6.00. The number of nitrogens with one attached hydrogen (secondary N) is 1. The summed E-state index contributed by atoms with van der Waals surface area (Å²) in [6.07, 6.45) is 5.48. The van der Waals surface area contributed by atoms with Gasteiger partial charge >= 0.3 is 0 Å². The van der Waals surface area contributed by atoms with Crippen molar-refractivity contribution < 1.29 is 14.2 Å². The zero-order valence-corrected chi connectivity index (χ0v) is 22.8. The van der Waals surface area contributed by atoms with Crippen LogP contribution in [0.15, 0.2) is 58.8 Å². The van der Waals surface area contributed by atoms with Crippen LogP contribution in [-0.4, -0.2) is 58.5 Å². The van der Waals surface area contributed by atoms with E-state index >= 15 is 4.39 Å². The van der Waals surface area contributed by atoms with E-state index < -0.39 is 6.10 Å². The van der Waals surface area contributed by atoms with Gasteiger partial charge in [0.2, 0.25) is 0 Å². The van der Waals surface area contributed by atoms with E-state index in [2.05, 4.69) is 33.8 Å². The van der Waals surface area contributed by atoms with Gasteiger partial charge < -0.3 is 19.7 Å². The fraction of sp³-hybridized carbons (Fsp3) is 0.438. The summed E-state index contributed by atoms with van der Waals surface area (Å²) in [5, 5.41) is 10.0. The number of likely N-dealkylation sites (tertiary alicyclic amines) is 1. The Labute approximate surface area is 230 Å². The smallest absolute Gasteiger partial charge is 0.143 e. The van der Waals surface area contributed by atoms with Gasteiger partial charge in [0.05, 0.1) is 22.8 Å². The van der Waals surface area contributed by atoms with Crippen molar-refractivity contribution in [2.45, 2.75) is 64.1 Å². The van der Waals surface area contributed by atoms with Crippen molar-refractivity contribution >= 4 is 16.7 Å². The molecule has 1 aromatic heterocycles. The van der Waals surface area contributed by atoms with Gasteiger partial charge in [-0.1, -0.05) is 24.0 Å². The number of imidazole rings is 1. The third-order valence-corrected chi connectivity index (χ3v) is 7.59. The number of fused-ring (bicyclic) bond motifs is 1. The van der Waals surface area contributed by atoms with Crippen molar-refractivity contribution in [2.24, 2.45) is 4.99 Å². The Hall–Kier alpha value is -3.47. The van der Waals surface area contributed by atoms with Gasteiger partial charge in [0.1, 0.15) is 23.5 Å². The number of allylic oxidation sites excluding steroid dienone is 2. The maximum Gasteiger partial charge on any atom is 0.143 e. The predicted octanol–water partition coefficient (Wildman–Crippen LogP) is 6.49. The zero-order chi connectivity index (χ0) is 27.2. The van der Waals surface area contributed by atoms with Crippen molar-refractivity contribution in [1.82, 2.24) is 14.9 Å². The molecule has 2 N–H and O–H groups in total. The number of benzene rings is 2. The number of halogens is 1. The first kappa shape index (κ1) is 27.1. The Morgan fingerprint density at radius 1 is 1.18 bits per heavy atom. The van der Waals surface area contributed by atoms with Gasteiger partial charge in [0.15, 0.2) is 0 Å². The molecule has 0 spiro atoms. The Kier molecular flexibility index (Phi) is 8.75. The molecule has 2 aromatic carbocycles. The van der Waals surface area contributed by atoms with Gasteiger partial charge in [-0.2, -0.15) is 0 Å². The number of rotatable bonds is 8. The third-order valence-electron chi connectivity index (χ3n) is 7.59. The lowest BCUT2D eigenvalue weighted by Crippen LogP contribution is -2.35. The lowest BCUT2D eigenvalue weighted by molar-refractivity contribution is -0.0276. The highest BCUT2D eigenvalue weighted by atomic mass is 19.1. The molecule has 3 aromatic rings. The average molecular weight is 529 g/mol. The molecule has 0 saturated carbocycles. The fourth-order valence-corrected chi connectivity index (χ4v) is 5.16. The standard InChI is InChI=1S/C32H37FN4O2/c1-22-12-15-29(30(22)38)34-18-8-4-3-5-9-23-13-14-26(33)25(21-23)31(39-24-16-19-37(2)20-17-24)32-35-27-10-6-7-11-28(27)36-32/h6-7,10-11,13-14,21,24,31,38H,3-4,8,12,15-20H2,1-2H3,(H,35,36)/b34-29+. The van der Waals surface area contributed by atoms with Crippen LogP contribution in [0.25, 0.3) is 11.0 Å². The predicted molar refractivity (Wildman–Crippen MR) is 154 cm³/mol. The summed E-state index contributed by atoms with van der Waals surface area (Å²) in [5.74, 6) is 7.10. The number of aliphatic hydroxyl groups excluding tert-OH is 1. The van der Waals surface area contributed by atoms with Crippen LogP contribution >= 0.6 is 0 Å². The van der Waals surface area contributed by atoms with Crippen LogP contribution in [0, 0.1) is 17.7 Å². The normalized spacial score (nSPS) is 18.6. The van der Waals surface area contributed by atoms with Gasteiger partial charge in [-0.15, -0.1) is 0 Å². The number of ether oxygens (including phenoxy) is 1. The topological polar surface area (TPSA) is 73.7 Å². The number of para-hydroxylation sites is 2. The quantitative estimate of drug-likeness (QED) is 0.259. The van der Waals surface area contributed by atoms with Crippen molar-refractivity contribution in [3.63, 3.8) is 0 Å². The molecule has 1 saturated heterocycles. The molecule has 39 heavy (non-hydrogen) atoms. The number of aliphatic hydroxyl groups is 1. The van der Waals surface area contributed by atoms with Gasteiger partial charge in [-0.25, -0.2) is 9.37 Å². The summed E-state index contributed by atoms with van der Waals surface area (Å²) >= 11 is 0. The van der Waals surface area contributed by atoms with E-state index in [1.807, 2.05) is 31.2 Å².